The molecule has 0 unspecified atom stereocenters. The topological polar surface area (TPSA) is 41.6 Å². The van der Waals surface area contributed by atoms with E-state index in [2.05, 4.69) is 16.8 Å². The monoisotopic (exact) mass is 215 g/mol. The van der Waals surface area contributed by atoms with Crippen LogP contribution >= 0.6 is 11.8 Å². The molecule has 0 aromatic heterocycles. The van der Waals surface area contributed by atoms with Gasteiger partial charge in [-0.1, -0.05) is 6.92 Å². The molecule has 0 radical (unpaired) electrons. The lowest BCUT2D eigenvalue weighted by Crippen LogP contribution is -2.34. The molecule has 82 valence electrons. The standard InChI is InChI=1S/C10H21N3S/c1-2-3-10(11)12-4-5-13-6-8-14-9-7-13/h2-9H2,1H3,(H2,11,12). The van der Waals surface area contributed by atoms with Crippen LogP contribution in [0.15, 0.2) is 4.99 Å². The summed E-state index contributed by atoms with van der Waals surface area (Å²) in [4.78, 5) is 6.83. The number of rotatable bonds is 5. The van der Waals surface area contributed by atoms with Gasteiger partial charge in [0.2, 0.25) is 0 Å². The highest BCUT2D eigenvalue weighted by atomic mass is 32.2. The third kappa shape index (κ3) is 4.86. The Balaban J connectivity index is 2.09. The van der Waals surface area contributed by atoms with Crippen molar-refractivity contribution >= 4 is 17.6 Å². The highest BCUT2D eigenvalue weighted by Gasteiger charge is 2.08. The lowest BCUT2D eigenvalue weighted by atomic mass is 10.3. The second-order valence-electron chi connectivity index (χ2n) is 3.58. The van der Waals surface area contributed by atoms with Crippen molar-refractivity contribution in [1.82, 2.24) is 4.90 Å². The van der Waals surface area contributed by atoms with E-state index in [1.54, 1.807) is 0 Å². The van der Waals surface area contributed by atoms with E-state index in [0.29, 0.717) is 0 Å². The van der Waals surface area contributed by atoms with Crippen LogP contribution in [0.2, 0.25) is 0 Å². The van der Waals surface area contributed by atoms with Crippen LogP contribution < -0.4 is 5.73 Å². The maximum Gasteiger partial charge on any atom is 0.0937 e. The molecule has 0 bridgehead atoms. The summed E-state index contributed by atoms with van der Waals surface area (Å²) in [5.74, 6) is 3.36. The Bertz CT molecular complexity index is 176. The van der Waals surface area contributed by atoms with Gasteiger partial charge in [-0.25, -0.2) is 0 Å². The molecule has 1 aliphatic rings. The van der Waals surface area contributed by atoms with Gasteiger partial charge >= 0.3 is 0 Å². The second kappa shape index (κ2) is 7.12. The smallest absolute Gasteiger partial charge is 0.0937 e. The van der Waals surface area contributed by atoms with Gasteiger partial charge in [0, 0.05) is 37.6 Å². The van der Waals surface area contributed by atoms with Crippen molar-refractivity contribution in [2.75, 3.05) is 37.7 Å². The zero-order valence-corrected chi connectivity index (χ0v) is 9.85. The first-order chi connectivity index (χ1) is 6.83. The number of nitrogens with zero attached hydrogens (tertiary/aromatic N) is 2. The number of hydrogen-bond acceptors (Lipinski definition) is 3. The average molecular weight is 215 g/mol. The van der Waals surface area contributed by atoms with E-state index in [0.717, 1.165) is 31.8 Å². The van der Waals surface area contributed by atoms with E-state index in [-0.39, 0.29) is 0 Å². The van der Waals surface area contributed by atoms with Crippen molar-refractivity contribution in [2.45, 2.75) is 19.8 Å². The van der Waals surface area contributed by atoms with Gasteiger partial charge in [0.15, 0.2) is 0 Å². The van der Waals surface area contributed by atoms with Gasteiger partial charge in [-0.3, -0.25) is 9.89 Å². The van der Waals surface area contributed by atoms with Crippen molar-refractivity contribution in [1.29, 1.82) is 0 Å². The minimum Gasteiger partial charge on any atom is -0.387 e. The van der Waals surface area contributed by atoms with Gasteiger partial charge in [-0.15, -0.1) is 0 Å². The fraction of sp³-hybridized carbons (Fsp3) is 0.900. The Kier molecular flexibility index (Phi) is 6.03. The zero-order valence-electron chi connectivity index (χ0n) is 9.04. The van der Waals surface area contributed by atoms with Gasteiger partial charge in [0.1, 0.15) is 0 Å². The lowest BCUT2D eigenvalue weighted by molar-refractivity contribution is 0.311. The van der Waals surface area contributed by atoms with Gasteiger partial charge in [-0.2, -0.15) is 11.8 Å². The molecule has 3 nitrogen and oxygen atoms in total. The summed E-state index contributed by atoms with van der Waals surface area (Å²) in [5, 5.41) is 0. The average Bonchev–Trinajstić information content (AvgIpc) is 2.20. The molecular formula is C10H21N3S. The quantitative estimate of drug-likeness (QED) is 0.553. The van der Waals surface area contributed by atoms with E-state index in [4.69, 9.17) is 5.73 Å². The summed E-state index contributed by atoms with van der Waals surface area (Å²) >= 11 is 2.04. The van der Waals surface area contributed by atoms with Crippen molar-refractivity contribution < 1.29 is 0 Å². The molecule has 1 aliphatic heterocycles. The van der Waals surface area contributed by atoms with E-state index in [9.17, 15) is 0 Å². The molecule has 0 aromatic carbocycles. The Hall–Kier alpha value is -0.220. The van der Waals surface area contributed by atoms with E-state index in [1.165, 1.54) is 24.6 Å². The number of nitrogens with two attached hydrogens (primary N) is 1. The summed E-state index contributed by atoms with van der Waals surface area (Å²) in [5.41, 5.74) is 5.73. The molecule has 14 heavy (non-hydrogen) atoms. The molecule has 0 amide bonds. The summed E-state index contributed by atoms with van der Waals surface area (Å²) in [7, 11) is 0. The molecule has 1 rings (SSSR count). The third-order valence-corrected chi connectivity index (χ3v) is 3.28. The summed E-state index contributed by atoms with van der Waals surface area (Å²) in [6.07, 6.45) is 2.03. The molecule has 1 heterocycles. The van der Waals surface area contributed by atoms with E-state index in [1.807, 2.05) is 11.8 Å². The predicted octanol–water partition coefficient (Wildman–Crippen LogP) is 1.19. The maximum absolute atomic E-state index is 5.73. The number of amidine groups is 1. The number of hydrogen-bond donors (Lipinski definition) is 1. The SMILES string of the molecule is CCCC(N)=NCCN1CCSCC1. The van der Waals surface area contributed by atoms with Crippen LogP contribution in [-0.4, -0.2) is 48.4 Å². The predicted molar refractivity (Wildman–Crippen MR) is 65.2 cm³/mol. The van der Waals surface area contributed by atoms with Crippen LogP contribution in [0.4, 0.5) is 0 Å². The Morgan fingerprint density at radius 2 is 2.14 bits per heavy atom. The number of thioether (sulfide) groups is 1. The summed E-state index contributed by atoms with van der Waals surface area (Å²) in [6, 6.07) is 0. The van der Waals surface area contributed by atoms with Crippen molar-refractivity contribution in [3.05, 3.63) is 0 Å². The zero-order chi connectivity index (χ0) is 10.2. The van der Waals surface area contributed by atoms with Crippen LogP contribution in [-0.2, 0) is 0 Å². The van der Waals surface area contributed by atoms with Crippen molar-refractivity contribution in [3.63, 3.8) is 0 Å². The summed E-state index contributed by atoms with van der Waals surface area (Å²) < 4.78 is 0. The minimum absolute atomic E-state index is 0.818. The van der Waals surface area contributed by atoms with Crippen LogP contribution in [0.5, 0.6) is 0 Å². The fourth-order valence-corrected chi connectivity index (χ4v) is 2.47. The van der Waals surface area contributed by atoms with Gasteiger partial charge in [0.25, 0.3) is 0 Å². The van der Waals surface area contributed by atoms with E-state index >= 15 is 0 Å². The molecule has 1 fully saturated rings. The molecule has 0 aliphatic carbocycles. The van der Waals surface area contributed by atoms with Crippen LogP contribution in [0.1, 0.15) is 19.8 Å². The maximum atomic E-state index is 5.73. The minimum atomic E-state index is 0.818. The van der Waals surface area contributed by atoms with Gasteiger partial charge in [0.05, 0.1) is 12.4 Å². The second-order valence-corrected chi connectivity index (χ2v) is 4.80. The first-order valence-electron chi connectivity index (χ1n) is 5.42. The largest absolute Gasteiger partial charge is 0.387 e. The summed E-state index contributed by atoms with van der Waals surface area (Å²) in [6.45, 7) is 6.51. The van der Waals surface area contributed by atoms with Crippen molar-refractivity contribution in [2.24, 2.45) is 10.7 Å². The lowest BCUT2D eigenvalue weighted by Gasteiger charge is -2.25. The first kappa shape index (κ1) is 11.9. The highest BCUT2D eigenvalue weighted by Crippen LogP contribution is 2.08. The Labute approximate surface area is 91.1 Å². The number of aliphatic imine (C=N–C) groups is 1. The molecule has 1 saturated heterocycles. The van der Waals surface area contributed by atoms with E-state index < -0.39 is 0 Å². The Morgan fingerprint density at radius 3 is 2.79 bits per heavy atom. The fourth-order valence-electron chi connectivity index (χ4n) is 1.49. The molecule has 2 N–H and O–H groups in total. The molecule has 0 spiro atoms. The molecule has 0 aromatic rings. The van der Waals surface area contributed by atoms with Crippen LogP contribution in [0, 0.1) is 0 Å². The highest BCUT2D eigenvalue weighted by molar-refractivity contribution is 7.99. The Morgan fingerprint density at radius 1 is 1.43 bits per heavy atom. The molecule has 0 saturated carbocycles. The third-order valence-electron chi connectivity index (χ3n) is 2.34. The normalized spacial score (nSPS) is 19.9. The molecular weight excluding hydrogens is 194 g/mol. The first-order valence-corrected chi connectivity index (χ1v) is 6.57. The van der Waals surface area contributed by atoms with Crippen LogP contribution in [0.25, 0.3) is 0 Å². The molecule has 4 heteroatoms. The van der Waals surface area contributed by atoms with Gasteiger partial charge in [-0.05, 0) is 6.42 Å². The van der Waals surface area contributed by atoms with Crippen molar-refractivity contribution in [3.8, 4) is 0 Å². The van der Waals surface area contributed by atoms with Crippen LogP contribution in [0.3, 0.4) is 0 Å². The molecule has 0 atom stereocenters. The van der Waals surface area contributed by atoms with Gasteiger partial charge < -0.3 is 5.73 Å².